The van der Waals surface area contributed by atoms with E-state index in [1.807, 2.05) is 60.7 Å². The van der Waals surface area contributed by atoms with Crippen LogP contribution >= 0.6 is 0 Å². The van der Waals surface area contributed by atoms with Gasteiger partial charge in [0.25, 0.3) is 0 Å². The summed E-state index contributed by atoms with van der Waals surface area (Å²) >= 11 is 0. The van der Waals surface area contributed by atoms with Crippen molar-refractivity contribution in [2.24, 2.45) is 0 Å². The third kappa shape index (κ3) is 4.14. The molecule has 0 aromatic heterocycles. The first-order valence-electron chi connectivity index (χ1n) is 7.90. The molecule has 0 saturated carbocycles. The lowest BCUT2D eigenvalue weighted by atomic mass is 10.1. The summed E-state index contributed by atoms with van der Waals surface area (Å²) in [6.07, 6.45) is 0.484. The Morgan fingerprint density at radius 2 is 1.67 bits per heavy atom. The van der Waals surface area contributed by atoms with Crippen LogP contribution in [-0.2, 0) is 16.4 Å². The number of sulfone groups is 1. The minimum Gasteiger partial charge on any atom is -0.316 e. The molecule has 126 valence electrons. The Bertz CT molecular complexity index is 792. The fraction of sp³-hybridized carbons (Fsp3) is 0.278. The second-order valence-electron chi connectivity index (χ2n) is 5.97. The summed E-state index contributed by atoms with van der Waals surface area (Å²) in [4.78, 5) is 14.4. The van der Waals surface area contributed by atoms with Gasteiger partial charge in [-0.1, -0.05) is 48.5 Å². The van der Waals surface area contributed by atoms with Gasteiger partial charge in [-0.3, -0.25) is 0 Å². The predicted octanol–water partition coefficient (Wildman–Crippen LogP) is 2.91. The molecule has 0 spiro atoms. The fourth-order valence-electron chi connectivity index (χ4n) is 2.88. The summed E-state index contributed by atoms with van der Waals surface area (Å²) in [6, 6.07) is 18.2. The van der Waals surface area contributed by atoms with Gasteiger partial charge in [-0.2, -0.15) is 0 Å². The highest BCUT2D eigenvalue weighted by Gasteiger charge is 2.34. The molecule has 3 rings (SSSR count). The number of anilines is 1. The molecule has 2 amide bonds. The molecule has 1 N–H and O–H groups in total. The zero-order chi connectivity index (χ0) is 17.0. The molecule has 24 heavy (non-hydrogen) atoms. The van der Waals surface area contributed by atoms with Crippen LogP contribution < -0.4 is 5.32 Å². The van der Waals surface area contributed by atoms with Crippen LogP contribution in [0.25, 0.3) is 0 Å². The van der Waals surface area contributed by atoms with E-state index in [1.54, 1.807) is 4.90 Å². The standard InChI is InChI=1S/C18H20N2O3S/c21-18(19-16-9-5-2-6-10-16)20(13-15-7-3-1-4-8-15)17-11-12-24(22,23)14-17/h1-10,17H,11-14H2,(H,19,21)/t17-/m1/s1. The highest BCUT2D eigenvalue weighted by Crippen LogP contribution is 2.21. The normalized spacial score (nSPS) is 18.9. The van der Waals surface area contributed by atoms with Crippen LogP contribution in [0.4, 0.5) is 10.5 Å². The van der Waals surface area contributed by atoms with Crippen LogP contribution in [0, 0.1) is 0 Å². The van der Waals surface area contributed by atoms with E-state index < -0.39 is 9.84 Å². The quantitative estimate of drug-likeness (QED) is 0.927. The molecule has 1 heterocycles. The maximum Gasteiger partial charge on any atom is 0.322 e. The molecule has 1 aliphatic heterocycles. The summed E-state index contributed by atoms with van der Waals surface area (Å²) in [5, 5.41) is 2.86. The Hall–Kier alpha value is -2.34. The summed E-state index contributed by atoms with van der Waals surface area (Å²) < 4.78 is 23.6. The number of hydrogen-bond acceptors (Lipinski definition) is 3. The van der Waals surface area contributed by atoms with Crippen LogP contribution in [-0.4, -0.2) is 36.9 Å². The first kappa shape index (κ1) is 16.5. The number of para-hydroxylation sites is 1. The first-order valence-corrected chi connectivity index (χ1v) is 9.73. The van der Waals surface area contributed by atoms with Crippen molar-refractivity contribution in [3.8, 4) is 0 Å². The lowest BCUT2D eigenvalue weighted by Gasteiger charge is -2.28. The lowest BCUT2D eigenvalue weighted by Crippen LogP contribution is -2.43. The lowest BCUT2D eigenvalue weighted by molar-refractivity contribution is 0.190. The molecule has 1 fully saturated rings. The fourth-order valence-corrected chi connectivity index (χ4v) is 4.62. The Morgan fingerprint density at radius 1 is 1.04 bits per heavy atom. The first-order chi connectivity index (χ1) is 11.5. The number of rotatable bonds is 4. The van der Waals surface area contributed by atoms with Crippen LogP contribution in [0.15, 0.2) is 60.7 Å². The number of nitrogens with zero attached hydrogens (tertiary/aromatic N) is 1. The zero-order valence-corrected chi connectivity index (χ0v) is 14.1. The minimum absolute atomic E-state index is 0.0298. The number of amides is 2. The van der Waals surface area contributed by atoms with Crippen molar-refractivity contribution in [2.45, 2.75) is 19.0 Å². The summed E-state index contributed by atoms with van der Waals surface area (Å²) in [5.41, 5.74) is 1.67. The number of carbonyl (C=O) groups excluding carboxylic acids is 1. The van der Waals surface area contributed by atoms with Crippen molar-refractivity contribution in [2.75, 3.05) is 16.8 Å². The molecule has 2 aromatic carbocycles. The van der Waals surface area contributed by atoms with E-state index in [4.69, 9.17) is 0 Å². The Balaban J connectivity index is 1.80. The van der Waals surface area contributed by atoms with E-state index in [2.05, 4.69) is 5.32 Å². The third-order valence-corrected chi connectivity index (χ3v) is 5.88. The maximum atomic E-state index is 12.7. The number of nitrogens with one attached hydrogen (secondary N) is 1. The van der Waals surface area contributed by atoms with Gasteiger partial charge in [-0.05, 0) is 24.1 Å². The molecular weight excluding hydrogens is 324 g/mol. The monoisotopic (exact) mass is 344 g/mol. The van der Waals surface area contributed by atoms with E-state index in [1.165, 1.54) is 0 Å². The van der Waals surface area contributed by atoms with Crippen LogP contribution in [0.5, 0.6) is 0 Å². The van der Waals surface area contributed by atoms with E-state index in [9.17, 15) is 13.2 Å². The van der Waals surface area contributed by atoms with Gasteiger partial charge in [0.2, 0.25) is 0 Å². The van der Waals surface area contributed by atoms with Crippen LogP contribution in [0.2, 0.25) is 0 Å². The molecule has 6 heteroatoms. The van der Waals surface area contributed by atoms with Gasteiger partial charge in [0.1, 0.15) is 0 Å². The van der Waals surface area contributed by atoms with Gasteiger partial charge in [-0.15, -0.1) is 0 Å². The van der Waals surface area contributed by atoms with Gasteiger partial charge in [0.05, 0.1) is 11.5 Å². The number of hydrogen-bond donors (Lipinski definition) is 1. The summed E-state index contributed by atoms with van der Waals surface area (Å²) in [5.74, 6) is 0.170. The Kier molecular flexibility index (Phi) is 4.85. The Morgan fingerprint density at radius 3 is 2.25 bits per heavy atom. The average molecular weight is 344 g/mol. The molecule has 1 saturated heterocycles. The highest BCUT2D eigenvalue weighted by molar-refractivity contribution is 7.91. The van der Waals surface area contributed by atoms with Crippen molar-refractivity contribution in [1.82, 2.24) is 4.90 Å². The molecule has 1 aliphatic rings. The van der Waals surface area contributed by atoms with Crippen molar-refractivity contribution in [3.63, 3.8) is 0 Å². The minimum atomic E-state index is -3.06. The van der Waals surface area contributed by atoms with Crippen molar-refractivity contribution in [1.29, 1.82) is 0 Å². The van der Waals surface area contributed by atoms with Crippen LogP contribution in [0.1, 0.15) is 12.0 Å². The van der Waals surface area contributed by atoms with E-state index in [0.29, 0.717) is 18.7 Å². The van der Waals surface area contributed by atoms with Gasteiger partial charge in [0.15, 0.2) is 9.84 Å². The van der Waals surface area contributed by atoms with Crippen molar-refractivity contribution in [3.05, 3.63) is 66.2 Å². The zero-order valence-electron chi connectivity index (χ0n) is 13.3. The van der Waals surface area contributed by atoms with E-state index >= 15 is 0 Å². The molecule has 2 aromatic rings. The van der Waals surface area contributed by atoms with Crippen molar-refractivity contribution >= 4 is 21.6 Å². The second-order valence-corrected chi connectivity index (χ2v) is 8.20. The molecule has 0 unspecified atom stereocenters. The maximum absolute atomic E-state index is 12.7. The van der Waals surface area contributed by atoms with Gasteiger partial charge >= 0.3 is 6.03 Å². The number of urea groups is 1. The molecule has 0 bridgehead atoms. The smallest absolute Gasteiger partial charge is 0.316 e. The van der Waals surface area contributed by atoms with Gasteiger partial charge in [0, 0.05) is 18.3 Å². The molecule has 0 aliphatic carbocycles. The summed E-state index contributed by atoms with van der Waals surface area (Å²) in [7, 11) is -3.06. The second kappa shape index (κ2) is 7.05. The van der Waals surface area contributed by atoms with Gasteiger partial charge < -0.3 is 10.2 Å². The molecule has 1 atom stereocenters. The highest BCUT2D eigenvalue weighted by atomic mass is 32.2. The van der Waals surface area contributed by atoms with Crippen LogP contribution in [0.3, 0.4) is 0 Å². The largest absolute Gasteiger partial charge is 0.322 e. The molecular formula is C18H20N2O3S. The number of carbonyl (C=O) groups is 1. The van der Waals surface area contributed by atoms with Crippen molar-refractivity contribution < 1.29 is 13.2 Å². The Labute approximate surface area is 142 Å². The number of benzene rings is 2. The van der Waals surface area contributed by atoms with E-state index in [0.717, 1.165) is 5.56 Å². The molecule has 0 radical (unpaired) electrons. The SMILES string of the molecule is O=C(Nc1ccccc1)N(Cc1ccccc1)[C@@H]1CCS(=O)(=O)C1. The average Bonchev–Trinajstić information content (AvgIpc) is 2.94. The summed E-state index contributed by atoms with van der Waals surface area (Å²) in [6.45, 7) is 0.389. The predicted molar refractivity (Wildman–Crippen MR) is 94.5 cm³/mol. The van der Waals surface area contributed by atoms with E-state index in [-0.39, 0.29) is 23.6 Å². The van der Waals surface area contributed by atoms with Gasteiger partial charge in [-0.25, -0.2) is 13.2 Å². The molecule has 5 nitrogen and oxygen atoms in total. The topological polar surface area (TPSA) is 66.5 Å². The third-order valence-electron chi connectivity index (χ3n) is 4.13.